The lowest BCUT2D eigenvalue weighted by atomic mass is 10.2. The van der Waals surface area contributed by atoms with Crippen molar-refractivity contribution in [1.29, 1.82) is 0 Å². The molecule has 0 aliphatic rings. The van der Waals surface area contributed by atoms with Crippen LogP contribution in [-0.2, 0) is 9.53 Å². The molecule has 0 aliphatic carbocycles. The molecule has 1 unspecified atom stereocenters. The van der Waals surface area contributed by atoms with Gasteiger partial charge in [0.05, 0.1) is 13.7 Å². The molecule has 0 amide bonds. The largest absolute Gasteiger partial charge is 0.493 e. The first-order valence-corrected chi connectivity index (χ1v) is 5.81. The molecule has 104 valence electrons. The van der Waals surface area contributed by atoms with Gasteiger partial charge in [-0.2, -0.15) is 0 Å². The van der Waals surface area contributed by atoms with E-state index < -0.39 is 12.1 Å². The molecule has 0 spiro atoms. The Bertz CT molecular complexity index is 453. The molecule has 19 heavy (non-hydrogen) atoms. The Hall–Kier alpha value is -2.01. The highest BCUT2D eigenvalue weighted by atomic mass is 16.6. The van der Waals surface area contributed by atoms with Crippen LogP contribution in [-0.4, -0.2) is 38.0 Å². The average molecular weight is 266 g/mol. The maximum atomic E-state index is 11.0. The van der Waals surface area contributed by atoms with Gasteiger partial charge in [0, 0.05) is 7.11 Å². The predicted molar refractivity (Wildman–Crippen MR) is 71.6 cm³/mol. The van der Waals surface area contributed by atoms with Crippen molar-refractivity contribution in [2.24, 2.45) is 0 Å². The summed E-state index contributed by atoms with van der Waals surface area (Å²) < 4.78 is 15.4. The van der Waals surface area contributed by atoms with Crippen LogP contribution in [0, 0.1) is 0 Å². The van der Waals surface area contributed by atoms with Crippen LogP contribution in [0.25, 0.3) is 6.08 Å². The number of methoxy groups -OCH3 is 2. The topological polar surface area (TPSA) is 65.0 Å². The van der Waals surface area contributed by atoms with E-state index in [0.717, 1.165) is 5.56 Å². The average Bonchev–Trinajstić information content (AvgIpc) is 2.39. The Kier molecular flexibility index (Phi) is 5.89. The highest BCUT2D eigenvalue weighted by Crippen LogP contribution is 2.29. The fraction of sp³-hybridized carbons (Fsp3) is 0.357. The van der Waals surface area contributed by atoms with Crippen molar-refractivity contribution in [3.63, 3.8) is 0 Å². The van der Waals surface area contributed by atoms with Gasteiger partial charge in [-0.1, -0.05) is 18.2 Å². The molecule has 1 aromatic rings. The quantitative estimate of drug-likeness (QED) is 0.819. The molecular weight excluding hydrogens is 248 g/mol. The Morgan fingerprint density at radius 3 is 2.63 bits per heavy atom. The number of allylic oxidation sites excluding steroid dienone is 1. The molecule has 0 aliphatic heterocycles. The zero-order chi connectivity index (χ0) is 14.3. The van der Waals surface area contributed by atoms with Gasteiger partial charge in [0.25, 0.3) is 0 Å². The number of benzene rings is 1. The van der Waals surface area contributed by atoms with Crippen LogP contribution in [0.2, 0.25) is 0 Å². The third kappa shape index (κ3) is 4.30. The first kappa shape index (κ1) is 15.0. The van der Waals surface area contributed by atoms with Crippen molar-refractivity contribution in [3.05, 3.63) is 29.8 Å². The number of rotatable bonds is 7. The normalized spacial score (nSPS) is 12.4. The Labute approximate surface area is 112 Å². The minimum atomic E-state index is -1.08. The zero-order valence-corrected chi connectivity index (χ0v) is 11.3. The fourth-order valence-electron chi connectivity index (χ4n) is 1.54. The standard InChI is InChI=1S/C14H18O5/c1-4-5-10-6-7-11(12(8-10)18-3)19-13(9-17-2)14(15)16/h4-8,13H,9H2,1-3H3,(H,15,16)/b5-4+. The molecule has 5 nitrogen and oxygen atoms in total. The lowest BCUT2D eigenvalue weighted by molar-refractivity contribution is -0.147. The second-order valence-corrected chi connectivity index (χ2v) is 3.81. The summed E-state index contributed by atoms with van der Waals surface area (Å²) in [6.45, 7) is 1.88. The summed E-state index contributed by atoms with van der Waals surface area (Å²) in [5.41, 5.74) is 0.949. The van der Waals surface area contributed by atoms with Crippen LogP contribution in [0.1, 0.15) is 12.5 Å². The van der Waals surface area contributed by atoms with E-state index in [1.807, 2.05) is 25.1 Å². The van der Waals surface area contributed by atoms with Crippen LogP contribution in [0.3, 0.4) is 0 Å². The van der Waals surface area contributed by atoms with Crippen molar-refractivity contribution >= 4 is 12.0 Å². The second-order valence-electron chi connectivity index (χ2n) is 3.81. The first-order valence-electron chi connectivity index (χ1n) is 5.81. The molecule has 0 saturated heterocycles. The SMILES string of the molecule is C/C=C/c1ccc(OC(COC)C(=O)O)c(OC)c1. The molecule has 1 atom stereocenters. The van der Waals surface area contributed by atoms with E-state index in [0.29, 0.717) is 11.5 Å². The van der Waals surface area contributed by atoms with Gasteiger partial charge in [-0.3, -0.25) is 0 Å². The second kappa shape index (κ2) is 7.43. The minimum Gasteiger partial charge on any atom is -0.493 e. The number of carboxylic acid groups (broad SMARTS) is 1. The monoisotopic (exact) mass is 266 g/mol. The highest BCUT2D eigenvalue weighted by molar-refractivity contribution is 5.73. The van der Waals surface area contributed by atoms with Gasteiger partial charge >= 0.3 is 5.97 Å². The summed E-state index contributed by atoms with van der Waals surface area (Å²) in [5, 5.41) is 9.01. The van der Waals surface area contributed by atoms with Gasteiger partial charge in [0.1, 0.15) is 0 Å². The molecule has 0 aromatic heterocycles. The van der Waals surface area contributed by atoms with Gasteiger partial charge in [0.2, 0.25) is 6.10 Å². The number of aliphatic carboxylic acids is 1. The zero-order valence-electron chi connectivity index (χ0n) is 11.3. The Morgan fingerprint density at radius 1 is 1.37 bits per heavy atom. The number of carboxylic acids is 1. The number of hydrogen-bond donors (Lipinski definition) is 1. The lowest BCUT2D eigenvalue weighted by Crippen LogP contribution is -2.31. The molecule has 5 heteroatoms. The van der Waals surface area contributed by atoms with Gasteiger partial charge in [-0.15, -0.1) is 0 Å². The molecule has 0 heterocycles. The lowest BCUT2D eigenvalue weighted by Gasteiger charge is -2.16. The molecule has 0 bridgehead atoms. The van der Waals surface area contributed by atoms with Crippen LogP contribution in [0.5, 0.6) is 11.5 Å². The third-order valence-corrected chi connectivity index (χ3v) is 2.41. The van der Waals surface area contributed by atoms with Crippen LogP contribution < -0.4 is 9.47 Å². The maximum absolute atomic E-state index is 11.0. The fourth-order valence-corrected chi connectivity index (χ4v) is 1.54. The summed E-state index contributed by atoms with van der Waals surface area (Å²) in [4.78, 5) is 11.0. The van der Waals surface area contributed by atoms with Crippen LogP contribution in [0.15, 0.2) is 24.3 Å². The van der Waals surface area contributed by atoms with Gasteiger partial charge < -0.3 is 19.3 Å². The smallest absolute Gasteiger partial charge is 0.347 e. The third-order valence-electron chi connectivity index (χ3n) is 2.41. The summed E-state index contributed by atoms with van der Waals surface area (Å²) >= 11 is 0. The molecule has 0 saturated carbocycles. The summed E-state index contributed by atoms with van der Waals surface area (Å²) in [5.74, 6) is -0.223. The molecule has 1 N–H and O–H groups in total. The first-order chi connectivity index (χ1) is 9.12. The molecule has 0 fully saturated rings. The summed E-state index contributed by atoms with van der Waals surface area (Å²) in [6.07, 6.45) is 2.75. The van der Waals surface area contributed by atoms with Crippen LogP contribution >= 0.6 is 0 Å². The molecule has 1 rings (SSSR count). The predicted octanol–water partition coefficient (Wildman–Crippen LogP) is 2.21. The molecule has 0 radical (unpaired) electrons. The summed E-state index contributed by atoms with van der Waals surface area (Å²) in [6, 6.07) is 5.28. The highest BCUT2D eigenvalue weighted by Gasteiger charge is 2.20. The van der Waals surface area contributed by atoms with Gasteiger partial charge in [-0.05, 0) is 24.6 Å². The number of carbonyl (C=O) groups is 1. The van der Waals surface area contributed by atoms with Gasteiger partial charge in [-0.25, -0.2) is 4.79 Å². The maximum Gasteiger partial charge on any atom is 0.347 e. The van der Waals surface area contributed by atoms with Crippen molar-refractivity contribution in [2.75, 3.05) is 20.8 Å². The van der Waals surface area contributed by atoms with E-state index in [1.54, 1.807) is 12.1 Å². The van der Waals surface area contributed by atoms with Crippen molar-refractivity contribution in [1.82, 2.24) is 0 Å². The summed E-state index contributed by atoms with van der Waals surface area (Å²) in [7, 11) is 2.93. The molecular formula is C14H18O5. The Morgan fingerprint density at radius 2 is 2.11 bits per heavy atom. The van der Waals surface area contributed by atoms with Crippen LogP contribution in [0.4, 0.5) is 0 Å². The number of ether oxygens (including phenoxy) is 3. The number of hydrogen-bond acceptors (Lipinski definition) is 4. The van der Waals surface area contributed by atoms with Crippen molar-refractivity contribution < 1.29 is 24.1 Å². The van der Waals surface area contributed by atoms with E-state index in [1.165, 1.54) is 14.2 Å². The van der Waals surface area contributed by atoms with E-state index in [2.05, 4.69) is 0 Å². The van der Waals surface area contributed by atoms with E-state index in [-0.39, 0.29) is 6.61 Å². The Balaban J connectivity index is 2.96. The van der Waals surface area contributed by atoms with E-state index in [4.69, 9.17) is 19.3 Å². The van der Waals surface area contributed by atoms with Crippen molar-refractivity contribution in [2.45, 2.75) is 13.0 Å². The van der Waals surface area contributed by atoms with Gasteiger partial charge in [0.15, 0.2) is 11.5 Å². The molecule has 1 aromatic carbocycles. The van der Waals surface area contributed by atoms with E-state index >= 15 is 0 Å². The minimum absolute atomic E-state index is 0.0326. The van der Waals surface area contributed by atoms with Crippen molar-refractivity contribution in [3.8, 4) is 11.5 Å². The van der Waals surface area contributed by atoms with E-state index in [9.17, 15) is 4.79 Å².